The molecule has 0 aliphatic rings. The minimum atomic E-state index is -0.207. The second-order valence-corrected chi connectivity index (χ2v) is 4.24. The molecular formula is C14H22N2O2. The van der Waals surface area contributed by atoms with Gasteiger partial charge in [-0.2, -0.15) is 0 Å². The molecule has 4 heteroatoms. The molecule has 0 aliphatic carbocycles. The number of aliphatic hydroxyl groups excluding tert-OH is 1. The van der Waals surface area contributed by atoms with Gasteiger partial charge in [0.05, 0.1) is 12.6 Å². The standard InChI is InChI=1S/C14H22N2O2/c1-2-15-9-8-14(18)16-13(11-17)10-12-6-4-3-5-7-12/h3-7,13,15,17H,2,8-11H2,1H3,(H,16,18)/t13-/m1/s1. The Hall–Kier alpha value is -1.39. The summed E-state index contributed by atoms with van der Waals surface area (Å²) in [4.78, 5) is 11.6. The van der Waals surface area contributed by atoms with Gasteiger partial charge in [-0.3, -0.25) is 4.79 Å². The Morgan fingerprint density at radius 1 is 1.33 bits per heavy atom. The second kappa shape index (κ2) is 8.66. The molecule has 0 saturated heterocycles. The van der Waals surface area contributed by atoms with E-state index in [0.717, 1.165) is 12.1 Å². The van der Waals surface area contributed by atoms with Crippen molar-refractivity contribution in [3.63, 3.8) is 0 Å². The first-order valence-electron chi connectivity index (χ1n) is 6.41. The third-order valence-electron chi connectivity index (χ3n) is 2.69. The fraction of sp³-hybridized carbons (Fsp3) is 0.500. The summed E-state index contributed by atoms with van der Waals surface area (Å²) in [6, 6.07) is 9.64. The first-order chi connectivity index (χ1) is 8.76. The molecule has 0 bridgehead atoms. The van der Waals surface area contributed by atoms with Crippen molar-refractivity contribution in [2.45, 2.75) is 25.8 Å². The van der Waals surface area contributed by atoms with E-state index in [0.29, 0.717) is 19.4 Å². The van der Waals surface area contributed by atoms with E-state index in [9.17, 15) is 9.90 Å². The summed E-state index contributed by atoms with van der Waals surface area (Å²) in [6.45, 7) is 3.50. The summed E-state index contributed by atoms with van der Waals surface area (Å²) in [5.41, 5.74) is 1.11. The van der Waals surface area contributed by atoms with Crippen LogP contribution in [0.3, 0.4) is 0 Å². The third-order valence-corrected chi connectivity index (χ3v) is 2.69. The fourth-order valence-corrected chi connectivity index (χ4v) is 1.74. The molecule has 0 fully saturated rings. The average Bonchev–Trinajstić information content (AvgIpc) is 2.39. The van der Waals surface area contributed by atoms with Crippen LogP contribution in [0.25, 0.3) is 0 Å². The number of benzene rings is 1. The maximum atomic E-state index is 11.6. The smallest absolute Gasteiger partial charge is 0.221 e. The van der Waals surface area contributed by atoms with Crippen LogP contribution < -0.4 is 10.6 Å². The van der Waals surface area contributed by atoms with Crippen LogP contribution in [-0.2, 0) is 11.2 Å². The summed E-state index contributed by atoms with van der Waals surface area (Å²) in [5, 5.41) is 15.2. The maximum absolute atomic E-state index is 11.6. The Kier molecular flexibility index (Phi) is 7.06. The monoisotopic (exact) mass is 250 g/mol. The molecule has 4 nitrogen and oxygen atoms in total. The van der Waals surface area contributed by atoms with Gasteiger partial charge in [0.2, 0.25) is 5.91 Å². The number of hydrogen-bond donors (Lipinski definition) is 3. The van der Waals surface area contributed by atoms with E-state index in [1.165, 1.54) is 0 Å². The van der Waals surface area contributed by atoms with Gasteiger partial charge in [-0.05, 0) is 18.5 Å². The highest BCUT2D eigenvalue weighted by Gasteiger charge is 2.11. The molecule has 1 amide bonds. The van der Waals surface area contributed by atoms with Crippen LogP contribution in [0.1, 0.15) is 18.9 Å². The van der Waals surface area contributed by atoms with Gasteiger partial charge >= 0.3 is 0 Å². The molecule has 0 saturated carbocycles. The molecule has 1 aromatic carbocycles. The van der Waals surface area contributed by atoms with Crippen LogP contribution in [-0.4, -0.2) is 36.8 Å². The normalized spacial score (nSPS) is 12.1. The van der Waals surface area contributed by atoms with Crippen molar-refractivity contribution >= 4 is 5.91 Å². The van der Waals surface area contributed by atoms with E-state index in [1.54, 1.807) is 0 Å². The molecule has 0 heterocycles. The summed E-state index contributed by atoms with van der Waals surface area (Å²) in [7, 11) is 0. The molecule has 18 heavy (non-hydrogen) atoms. The Bertz CT molecular complexity index is 341. The van der Waals surface area contributed by atoms with E-state index in [-0.39, 0.29) is 18.6 Å². The molecule has 100 valence electrons. The first-order valence-corrected chi connectivity index (χ1v) is 6.41. The Morgan fingerprint density at radius 2 is 2.06 bits per heavy atom. The molecule has 0 radical (unpaired) electrons. The molecule has 1 atom stereocenters. The summed E-state index contributed by atoms with van der Waals surface area (Å²) in [5.74, 6) is -0.0223. The van der Waals surface area contributed by atoms with Crippen molar-refractivity contribution < 1.29 is 9.90 Å². The van der Waals surface area contributed by atoms with Gasteiger partial charge in [-0.15, -0.1) is 0 Å². The van der Waals surface area contributed by atoms with Gasteiger partial charge in [0, 0.05) is 13.0 Å². The highest BCUT2D eigenvalue weighted by molar-refractivity contribution is 5.76. The first kappa shape index (κ1) is 14.7. The quantitative estimate of drug-likeness (QED) is 0.595. The molecule has 1 rings (SSSR count). The van der Waals surface area contributed by atoms with E-state index in [1.807, 2.05) is 37.3 Å². The van der Waals surface area contributed by atoms with Crippen molar-refractivity contribution in [2.75, 3.05) is 19.7 Å². The van der Waals surface area contributed by atoms with Gasteiger partial charge in [-0.25, -0.2) is 0 Å². The van der Waals surface area contributed by atoms with Crippen LogP contribution in [0.15, 0.2) is 30.3 Å². The predicted molar refractivity (Wildman–Crippen MR) is 72.3 cm³/mol. The number of carbonyl (C=O) groups excluding carboxylic acids is 1. The van der Waals surface area contributed by atoms with Gasteiger partial charge in [0.1, 0.15) is 0 Å². The average molecular weight is 250 g/mol. The second-order valence-electron chi connectivity index (χ2n) is 4.24. The van der Waals surface area contributed by atoms with Crippen molar-refractivity contribution in [1.29, 1.82) is 0 Å². The van der Waals surface area contributed by atoms with Crippen molar-refractivity contribution in [1.82, 2.24) is 10.6 Å². The molecule has 0 unspecified atom stereocenters. The zero-order valence-corrected chi connectivity index (χ0v) is 10.9. The van der Waals surface area contributed by atoms with Crippen molar-refractivity contribution in [3.8, 4) is 0 Å². The molecule has 1 aromatic rings. The predicted octanol–water partition coefficient (Wildman–Crippen LogP) is 0.706. The lowest BCUT2D eigenvalue weighted by Gasteiger charge is -2.16. The zero-order valence-electron chi connectivity index (χ0n) is 10.9. The summed E-state index contributed by atoms with van der Waals surface area (Å²) < 4.78 is 0. The maximum Gasteiger partial charge on any atom is 0.221 e. The summed E-state index contributed by atoms with van der Waals surface area (Å²) >= 11 is 0. The van der Waals surface area contributed by atoms with E-state index >= 15 is 0 Å². The molecular weight excluding hydrogens is 228 g/mol. The van der Waals surface area contributed by atoms with Crippen molar-refractivity contribution in [3.05, 3.63) is 35.9 Å². The number of aliphatic hydroxyl groups is 1. The lowest BCUT2D eigenvalue weighted by Crippen LogP contribution is -2.40. The van der Waals surface area contributed by atoms with Gasteiger partial charge < -0.3 is 15.7 Å². The van der Waals surface area contributed by atoms with Crippen LogP contribution in [0.2, 0.25) is 0 Å². The summed E-state index contributed by atoms with van der Waals surface area (Å²) in [6.07, 6.45) is 1.10. The largest absolute Gasteiger partial charge is 0.394 e. The highest BCUT2D eigenvalue weighted by atomic mass is 16.3. The van der Waals surface area contributed by atoms with Crippen LogP contribution in [0, 0.1) is 0 Å². The fourth-order valence-electron chi connectivity index (χ4n) is 1.74. The van der Waals surface area contributed by atoms with E-state index in [4.69, 9.17) is 0 Å². The van der Waals surface area contributed by atoms with Crippen molar-refractivity contribution in [2.24, 2.45) is 0 Å². The van der Waals surface area contributed by atoms with Crippen LogP contribution >= 0.6 is 0 Å². The van der Waals surface area contributed by atoms with E-state index in [2.05, 4.69) is 10.6 Å². The SMILES string of the molecule is CCNCCC(=O)N[C@@H](CO)Cc1ccccc1. The van der Waals surface area contributed by atoms with E-state index < -0.39 is 0 Å². The number of amides is 1. The topological polar surface area (TPSA) is 61.4 Å². The van der Waals surface area contributed by atoms with Crippen LogP contribution in [0.4, 0.5) is 0 Å². The van der Waals surface area contributed by atoms with Gasteiger partial charge in [-0.1, -0.05) is 37.3 Å². The van der Waals surface area contributed by atoms with Gasteiger partial charge in [0.25, 0.3) is 0 Å². The number of rotatable bonds is 8. The third kappa shape index (κ3) is 5.80. The minimum absolute atomic E-state index is 0.0223. The molecule has 0 aromatic heterocycles. The number of carbonyl (C=O) groups is 1. The Morgan fingerprint density at radius 3 is 2.67 bits per heavy atom. The van der Waals surface area contributed by atoms with Crippen LogP contribution in [0.5, 0.6) is 0 Å². The Balaban J connectivity index is 2.35. The number of nitrogens with one attached hydrogen (secondary N) is 2. The Labute approximate surface area is 108 Å². The number of hydrogen-bond acceptors (Lipinski definition) is 3. The van der Waals surface area contributed by atoms with Gasteiger partial charge in [0.15, 0.2) is 0 Å². The lowest BCUT2D eigenvalue weighted by molar-refractivity contribution is -0.122. The highest BCUT2D eigenvalue weighted by Crippen LogP contribution is 2.03. The molecule has 0 aliphatic heterocycles. The minimum Gasteiger partial charge on any atom is -0.394 e. The molecule has 0 spiro atoms. The molecule has 3 N–H and O–H groups in total. The lowest BCUT2D eigenvalue weighted by atomic mass is 10.1. The zero-order chi connectivity index (χ0) is 13.2.